The first-order valence-electron chi connectivity index (χ1n) is 9.35. The Hall–Kier alpha value is -3.70. The third-order valence-electron chi connectivity index (χ3n) is 4.48. The van der Waals surface area contributed by atoms with Crippen molar-refractivity contribution in [3.63, 3.8) is 0 Å². The molecule has 0 saturated carbocycles. The zero-order valence-electron chi connectivity index (χ0n) is 17.4. The van der Waals surface area contributed by atoms with Crippen LogP contribution in [-0.4, -0.2) is 27.2 Å². The van der Waals surface area contributed by atoms with E-state index in [1.807, 2.05) is 17.5 Å². The van der Waals surface area contributed by atoms with E-state index in [0.717, 1.165) is 4.88 Å². The van der Waals surface area contributed by atoms with Crippen molar-refractivity contribution in [2.24, 2.45) is 0 Å². The summed E-state index contributed by atoms with van der Waals surface area (Å²) >= 11 is 1.60. The van der Waals surface area contributed by atoms with E-state index in [9.17, 15) is 10.1 Å². The number of nitrogens with one attached hydrogen (secondary N) is 1. The van der Waals surface area contributed by atoms with Crippen molar-refractivity contribution in [1.82, 2.24) is 5.32 Å². The Morgan fingerprint density at radius 2 is 1.81 bits per heavy atom. The fraction of sp³-hybridized carbons (Fsp3) is 0.217. The van der Waals surface area contributed by atoms with E-state index in [1.165, 1.54) is 21.3 Å². The average molecular weight is 439 g/mol. The van der Waals surface area contributed by atoms with E-state index >= 15 is 0 Å². The van der Waals surface area contributed by atoms with E-state index in [-0.39, 0.29) is 0 Å². The van der Waals surface area contributed by atoms with Gasteiger partial charge in [0.15, 0.2) is 11.5 Å². The number of nitrogens with zero attached hydrogens (tertiary/aromatic N) is 1. The second-order valence-corrected chi connectivity index (χ2v) is 7.42. The fourth-order valence-corrected chi connectivity index (χ4v) is 3.56. The summed E-state index contributed by atoms with van der Waals surface area (Å²) in [5.74, 6) is 1.38. The first kappa shape index (κ1) is 22.0. The summed E-state index contributed by atoms with van der Waals surface area (Å²) in [6, 6.07) is 15.2. The van der Waals surface area contributed by atoms with Gasteiger partial charge >= 0.3 is 0 Å². The van der Waals surface area contributed by atoms with Crippen LogP contribution in [0.25, 0.3) is 0 Å². The second-order valence-electron chi connectivity index (χ2n) is 6.39. The van der Waals surface area contributed by atoms with E-state index < -0.39 is 11.9 Å². The molecule has 160 valence electrons. The molecule has 0 aliphatic carbocycles. The SMILES string of the molecule is COc1cc(C(C#N)NC(=O)c2cccc(OCc3cccs3)c2)cc(OC)c1OC. The summed E-state index contributed by atoms with van der Waals surface area (Å²) in [6.07, 6.45) is 0. The fourth-order valence-electron chi connectivity index (χ4n) is 2.95. The topological polar surface area (TPSA) is 89.8 Å². The maximum Gasteiger partial charge on any atom is 0.252 e. The molecule has 31 heavy (non-hydrogen) atoms. The van der Waals surface area contributed by atoms with E-state index in [0.29, 0.717) is 40.7 Å². The van der Waals surface area contributed by atoms with Gasteiger partial charge < -0.3 is 24.3 Å². The summed E-state index contributed by atoms with van der Waals surface area (Å²) in [5, 5.41) is 14.4. The van der Waals surface area contributed by atoms with Gasteiger partial charge in [-0.1, -0.05) is 12.1 Å². The number of rotatable bonds is 9. The highest BCUT2D eigenvalue weighted by atomic mass is 32.1. The number of methoxy groups -OCH3 is 3. The zero-order valence-corrected chi connectivity index (χ0v) is 18.2. The molecule has 1 unspecified atom stereocenters. The van der Waals surface area contributed by atoms with Crippen molar-refractivity contribution < 1.29 is 23.7 Å². The number of thiophene rings is 1. The molecule has 2 aromatic carbocycles. The Morgan fingerprint density at radius 1 is 1.06 bits per heavy atom. The van der Waals surface area contributed by atoms with Crippen LogP contribution in [-0.2, 0) is 6.61 Å². The van der Waals surface area contributed by atoms with E-state index in [2.05, 4.69) is 11.4 Å². The largest absolute Gasteiger partial charge is 0.493 e. The van der Waals surface area contributed by atoms with Crippen molar-refractivity contribution in [2.45, 2.75) is 12.6 Å². The molecule has 1 atom stereocenters. The number of hydrogen-bond acceptors (Lipinski definition) is 7. The smallest absolute Gasteiger partial charge is 0.252 e. The lowest BCUT2D eigenvalue weighted by Gasteiger charge is -2.17. The second kappa shape index (κ2) is 10.4. The van der Waals surface area contributed by atoms with Gasteiger partial charge in [0.2, 0.25) is 5.75 Å². The highest BCUT2D eigenvalue weighted by Gasteiger charge is 2.21. The number of nitriles is 1. The van der Waals surface area contributed by atoms with Gasteiger partial charge in [-0.25, -0.2) is 0 Å². The summed E-state index contributed by atoms with van der Waals surface area (Å²) < 4.78 is 21.7. The normalized spacial score (nSPS) is 11.2. The minimum absolute atomic E-state index is 0.386. The van der Waals surface area contributed by atoms with Crippen LogP contribution in [0.15, 0.2) is 53.9 Å². The monoisotopic (exact) mass is 438 g/mol. The van der Waals surface area contributed by atoms with Crippen LogP contribution in [0.4, 0.5) is 0 Å². The maximum atomic E-state index is 12.8. The Balaban J connectivity index is 1.77. The number of carbonyl (C=O) groups excluding carboxylic acids is 1. The van der Waals surface area contributed by atoms with Crippen molar-refractivity contribution in [3.8, 4) is 29.1 Å². The zero-order chi connectivity index (χ0) is 22.2. The van der Waals surface area contributed by atoms with Crippen LogP contribution in [0.5, 0.6) is 23.0 Å². The molecule has 7 nitrogen and oxygen atoms in total. The molecule has 0 aliphatic heterocycles. The van der Waals surface area contributed by atoms with Gasteiger partial charge in [-0.05, 0) is 47.3 Å². The molecule has 1 aromatic heterocycles. The number of benzene rings is 2. The van der Waals surface area contributed by atoms with Crippen molar-refractivity contribution >= 4 is 17.2 Å². The van der Waals surface area contributed by atoms with Gasteiger partial charge in [0.05, 0.1) is 27.4 Å². The molecule has 0 spiro atoms. The average Bonchev–Trinajstić information content (AvgIpc) is 3.34. The highest BCUT2D eigenvalue weighted by molar-refractivity contribution is 7.09. The van der Waals surface area contributed by atoms with Crippen molar-refractivity contribution in [2.75, 3.05) is 21.3 Å². The Bertz CT molecular complexity index is 1050. The Kier molecular flexibility index (Phi) is 7.35. The van der Waals surface area contributed by atoms with Crippen LogP contribution >= 0.6 is 11.3 Å². The number of amides is 1. The molecular weight excluding hydrogens is 416 g/mol. The van der Waals surface area contributed by atoms with Gasteiger partial charge in [0, 0.05) is 10.4 Å². The van der Waals surface area contributed by atoms with E-state index in [1.54, 1.807) is 47.7 Å². The Labute approximate surface area is 184 Å². The van der Waals surface area contributed by atoms with Crippen LogP contribution in [0.1, 0.15) is 26.8 Å². The Morgan fingerprint density at radius 3 is 2.39 bits per heavy atom. The van der Waals surface area contributed by atoms with Crippen LogP contribution in [0, 0.1) is 11.3 Å². The molecule has 1 amide bonds. The summed E-state index contributed by atoms with van der Waals surface area (Å²) in [4.78, 5) is 13.9. The first-order valence-corrected chi connectivity index (χ1v) is 10.2. The number of hydrogen-bond donors (Lipinski definition) is 1. The van der Waals surface area contributed by atoms with Crippen LogP contribution in [0.3, 0.4) is 0 Å². The molecule has 0 aliphatic rings. The number of carbonyl (C=O) groups is 1. The maximum absolute atomic E-state index is 12.8. The van der Waals surface area contributed by atoms with Gasteiger partial charge in [0.25, 0.3) is 5.91 Å². The molecule has 8 heteroatoms. The van der Waals surface area contributed by atoms with Crippen LogP contribution in [0.2, 0.25) is 0 Å². The standard InChI is InChI=1S/C23H22N2O5S/c1-27-20-11-16(12-21(28-2)22(20)29-3)19(13-24)25-23(26)15-6-4-7-17(10-15)30-14-18-8-5-9-31-18/h4-12,19H,14H2,1-3H3,(H,25,26). The molecular formula is C23H22N2O5S. The minimum atomic E-state index is -0.920. The minimum Gasteiger partial charge on any atom is -0.493 e. The molecule has 0 fully saturated rings. The van der Waals surface area contributed by atoms with E-state index in [4.69, 9.17) is 18.9 Å². The predicted molar refractivity (Wildman–Crippen MR) is 117 cm³/mol. The van der Waals surface area contributed by atoms with Gasteiger partial charge in [0.1, 0.15) is 18.4 Å². The molecule has 0 radical (unpaired) electrons. The molecule has 3 rings (SSSR count). The lowest BCUT2D eigenvalue weighted by atomic mass is 10.1. The third kappa shape index (κ3) is 5.27. The van der Waals surface area contributed by atoms with Crippen molar-refractivity contribution in [3.05, 3.63) is 69.9 Å². The van der Waals surface area contributed by atoms with Gasteiger partial charge in [-0.3, -0.25) is 4.79 Å². The highest BCUT2D eigenvalue weighted by Crippen LogP contribution is 2.39. The summed E-state index contributed by atoms with van der Waals surface area (Å²) in [7, 11) is 4.47. The first-order chi connectivity index (χ1) is 15.1. The van der Waals surface area contributed by atoms with Gasteiger partial charge in [-0.15, -0.1) is 11.3 Å². The summed E-state index contributed by atoms with van der Waals surface area (Å²) in [6.45, 7) is 0.426. The lowest BCUT2D eigenvalue weighted by molar-refractivity contribution is 0.0944. The molecule has 1 heterocycles. The molecule has 3 aromatic rings. The van der Waals surface area contributed by atoms with Crippen molar-refractivity contribution in [1.29, 1.82) is 5.26 Å². The molecule has 1 N–H and O–H groups in total. The predicted octanol–water partition coefficient (Wildman–Crippen LogP) is 4.35. The van der Waals surface area contributed by atoms with Crippen LogP contribution < -0.4 is 24.3 Å². The van der Waals surface area contributed by atoms with Gasteiger partial charge in [-0.2, -0.15) is 5.26 Å². The quantitative estimate of drug-likeness (QED) is 0.534. The third-order valence-corrected chi connectivity index (χ3v) is 5.33. The summed E-state index contributed by atoms with van der Waals surface area (Å²) in [5.41, 5.74) is 0.895. The number of ether oxygens (including phenoxy) is 4. The molecule has 0 saturated heterocycles. The molecule has 0 bridgehead atoms. The lowest BCUT2D eigenvalue weighted by Crippen LogP contribution is -2.27.